The summed E-state index contributed by atoms with van der Waals surface area (Å²) < 4.78 is 45.3. The number of nitrogens with one attached hydrogen (secondary N) is 1. The van der Waals surface area contributed by atoms with Gasteiger partial charge >= 0.3 is 12.3 Å². The monoisotopic (exact) mass is 555 g/mol. The second-order valence-electron chi connectivity index (χ2n) is 10.1. The van der Waals surface area contributed by atoms with Crippen molar-refractivity contribution in [2.45, 2.75) is 58.4 Å². The first-order valence-corrected chi connectivity index (χ1v) is 12.2. The van der Waals surface area contributed by atoms with Crippen molar-refractivity contribution in [2.24, 2.45) is 5.92 Å². The third kappa shape index (κ3) is 7.56. The maximum atomic E-state index is 13.5. The number of carbonyl (C=O) groups excluding carboxylic acids is 3. The van der Waals surface area contributed by atoms with E-state index in [-0.39, 0.29) is 34.4 Å². The Hall–Kier alpha value is -3.41. The van der Waals surface area contributed by atoms with Gasteiger partial charge in [-0.25, -0.2) is 14.8 Å². The van der Waals surface area contributed by atoms with Crippen molar-refractivity contribution in [3.63, 3.8) is 0 Å². The van der Waals surface area contributed by atoms with Crippen molar-refractivity contribution in [2.75, 3.05) is 13.6 Å². The number of aromatic nitrogens is 2. The van der Waals surface area contributed by atoms with E-state index >= 15 is 0 Å². The highest BCUT2D eigenvalue weighted by Gasteiger charge is 2.36. The van der Waals surface area contributed by atoms with Crippen LogP contribution in [0.2, 0.25) is 5.02 Å². The Labute approximate surface area is 223 Å². The molecule has 3 rings (SSSR count). The fraction of sp³-hybridized carbons (Fsp3) is 0.480. The highest BCUT2D eigenvalue weighted by Crippen LogP contribution is 2.36. The molecule has 1 unspecified atom stereocenters. The number of halogens is 4. The molecule has 13 heteroatoms. The molecule has 1 aromatic carbocycles. The zero-order valence-electron chi connectivity index (χ0n) is 21.6. The van der Waals surface area contributed by atoms with Gasteiger partial charge in [-0.15, -0.1) is 0 Å². The molecule has 1 N–H and O–H groups in total. The van der Waals surface area contributed by atoms with Gasteiger partial charge in [-0.05, 0) is 64.7 Å². The molecule has 1 saturated carbocycles. The lowest BCUT2D eigenvalue weighted by atomic mass is 10.1. The van der Waals surface area contributed by atoms with Gasteiger partial charge in [-0.2, -0.15) is 13.2 Å². The lowest BCUT2D eigenvalue weighted by Gasteiger charge is -2.30. The summed E-state index contributed by atoms with van der Waals surface area (Å²) >= 11 is 5.91. The van der Waals surface area contributed by atoms with Crippen molar-refractivity contribution < 1.29 is 32.3 Å². The van der Waals surface area contributed by atoms with Crippen LogP contribution in [0.1, 0.15) is 78.7 Å². The average molecular weight is 556 g/mol. The Balaban J connectivity index is 1.91. The maximum Gasteiger partial charge on any atom is 0.428 e. The molecule has 1 aromatic heterocycles. The van der Waals surface area contributed by atoms with Gasteiger partial charge < -0.3 is 9.64 Å². The van der Waals surface area contributed by atoms with Crippen LogP contribution in [-0.2, 0) is 10.9 Å². The zero-order valence-corrected chi connectivity index (χ0v) is 22.4. The molecule has 1 aliphatic rings. The minimum atomic E-state index is -4.69. The van der Waals surface area contributed by atoms with Gasteiger partial charge in [0.05, 0.1) is 17.3 Å². The Morgan fingerprint density at radius 2 is 1.76 bits per heavy atom. The number of rotatable bonds is 6. The van der Waals surface area contributed by atoms with Crippen LogP contribution in [0.5, 0.6) is 0 Å². The smallest absolute Gasteiger partial charge is 0.428 e. The minimum absolute atomic E-state index is 0.106. The van der Waals surface area contributed by atoms with Gasteiger partial charge in [0.15, 0.2) is 5.69 Å². The molecule has 1 heterocycles. The number of hydrogen-bond donors (Lipinski definition) is 1. The van der Waals surface area contributed by atoms with Gasteiger partial charge in [0, 0.05) is 36.6 Å². The van der Waals surface area contributed by atoms with Crippen molar-refractivity contribution in [1.82, 2.24) is 25.3 Å². The van der Waals surface area contributed by atoms with Crippen molar-refractivity contribution in [3.05, 3.63) is 58.1 Å². The summed E-state index contributed by atoms with van der Waals surface area (Å²) in [4.78, 5) is 48.5. The molecule has 206 valence electrons. The van der Waals surface area contributed by atoms with Gasteiger partial charge in [0.1, 0.15) is 5.60 Å². The number of benzene rings is 1. The first-order chi connectivity index (χ1) is 17.6. The second-order valence-corrected chi connectivity index (χ2v) is 10.5. The standard InChI is InChI=1S/C25H29ClF3N5O4/c1-14(19-20(31-9-8-30-19)21(35)32-33(5)23(37)38-24(2,3)4)34(13-15-6-7-15)22(36)16-10-17(25(27,28)29)12-18(26)11-16/h8-12,14-15H,6-7,13H2,1-5H3,(H,32,35). The largest absolute Gasteiger partial charge is 0.442 e. The van der Waals surface area contributed by atoms with Crippen LogP contribution >= 0.6 is 11.6 Å². The number of carbonyl (C=O) groups is 3. The lowest BCUT2D eigenvalue weighted by molar-refractivity contribution is -0.137. The highest BCUT2D eigenvalue weighted by atomic mass is 35.5. The molecule has 1 fully saturated rings. The Morgan fingerprint density at radius 3 is 2.34 bits per heavy atom. The lowest BCUT2D eigenvalue weighted by Crippen LogP contribution is -2.46. The van der Waals surface area contributed by atoms with E-state index in [0.29, 0.717) is 0 Å². The Morgan fingerprint density at radius 1 is 1.13 bits per heavy atom. The molecule has 1 aliphatic carbocycles. The SMILES string of the molecule is CC(c1nccnc1C(=O)NN(C)C(=O)OC(C)(C)C)N(CC1CC1)C(=O)c1cc(Cl)cc(C(F)(F)F)c1. The molecule has 3 amide bonds. The predicted molar refractivity (Wildman–Crippen MR) is 132 cm³/mol. The van der Waals surface area contributed by atoms with Crippen LogP contribution in [0.25, 0.3) is 0 Å². The summed E-state index contributed by atoms with van der Waals surface area (Å²) in [6, 6.07) is 1.82. The number of ether oxygens (including phenoxy) is 1. The van der Waals surface area contributed by atoms with E-state index in [1.165, 1.54) is 30.4 Å². The first-order valence-electron chi connectivity index (χ1n) is 11.8. The molecule has 0 bridgehead atoms. The normalized spacial score (nSPS) is 14.4. The molecule has 1 atom stereocenters. The van der Waals surface area contributed by atoms with E-state index in [0.717, 1.165) is 30.0 Å². The van der Waals surface area contributed by atoms with Gasteiger partial charge in [-0.3, -0.25) is 20.0 Å². The summed E-state index contributed by atoms with van der Waals surface area (Å²) in [5.41, 5.74) is 0.238. The number of nitrogens with zero attached hydrogens (tertiary/aromatic N) is 4. The van der Waals surface area contributed by atoms with Gasteiger partial charge in [-0.1, -0.05) is 11.6 Å². The summed E-state index contributed by atoms with van der Waals surface area (Å²) in [7, 11) is 1.30. The molecule has 0 aliphatic heterocycles. The van der Waals surface area contributed by atoms with Gasteiger partial charge in [0.25, 0.3) is 11.8 Å². The van der Waals surface area contributed by atoms with Crippen LogP contribution in [0.4, 0.5) is 18.0 Å². The van der Waals surface area contributed by atoms with Crippen LogP contribution in [0.15, 0.2) is 30.6 Å². The molecule has 9 nitrogen and oxygen atoms in total. The van der Waals surface area contributed by atoms with Crippen LogP contribution in [0.3, 0.4) is 0 Å². The Kier molecular flexibility index (Phi) is 8.55. The summed E-state index contributed by atoms with van der Waals surface area (Å²) in [5, 5.41) is 0.626. The number of alkyl halides is 3. The molecule has 0 saturated heterocycles. The van der Waals surface area contributed by atoms with Gasteiger partial charge in [0.2, 0.25) is 0 Å². The van der Waals surface area contributed by atoms with E-state index in [9.17, 15) is 27.6 Å². The molecule has 2 aromatic rings. The van der Waals surface area contributed by atoms with E-state index in [1.54, 1.807) is 27.7 Å². The molecule has 0 spiro atoms. The second kappa shape index (κ2) is 11.1. The third-order valence-corrected chi connectivity index (χ3v) is 5.84. The van der Waals surface area contributed by atoms with Crippen LogP contribution < -0.4 is 5.43 Å². The van der Waals surface area contributed by atoms with E-state index in [1.807, 2.05) is 0 Å². The fourth-order valence-corrected chi connectivity index (χ4v) is 3.83. The van der Waals surface area contributed by atoms with Crippen LogP contribution in [0, 0.1) is 5.92 Å². The predicted octanol–water partition coefficient (Wildman–Crippen LogP) is 5.27. The fourth-order valence-electron chi connectivity index (χ4n) is 3.60. The molecular formula is C25H29ClF3N5O4. The molecular weight excluding hydrogens is 527 g/mol. The number of hydrazine groups is 1. The Bertz CT molecular complexity index is 1210. The third-order valence-electron chi connectivity index (χ3n) is 5.63. The summed E-state index contributed by atoms with van der Waals surface area (Å²) in [6.07, 6.45) is -1.18. The summed E-state index contributed by atoms with van der Waals surface area (Å²) in [5.74, 6) is -1.32. The quantitative estimate of drug-likeness (QED) is 0.487. The van der Waals surface area contributed by atoms with Crippen molar-refractivity contribution in [1.29, 1.82) is 0 Å². The maximum absolute atomic E-state index is 13.5. The number of amides is 3. The van der Waals surface area contributed by atoms with E-state index < -0.39 is 41.3 Å². The zero-order chi connectivity index (χ0) is 28.4. The highest BCUT2D eigenvalue weighted by molar-refractivity contribution is 6.31. The van der Waals surface area contributed by atoms with Crippen LogP contribution in [-0.4, -0.2) is 57.0 Å². The minimum Gasteiger partial charge on any atom is -0.442 e. The number of hydrogen-bond acceptors (Lipinski definition) is 6. The van der Waals surface area contributed by atoms with E-state index in [2.05, 4.69) is 15.4 Å². The molecule has 0 radical (unpaired) electrons. The van der Waals surface area contributed by atoms with Crippen molar-refractivity contribution >= 4 is 29.5 Å². The topological polar surface area (TPSA) is 105 Å². The summed E-state index contributed by atoms with van der Waals surface area (Å²) in [6.45, 7) is 6.86. The van der Waals surface area contributed by atoms with Crippen molar-refractivity contribution in [3.8, 4) is 0 Å². The molecule has 38 heavy (non-hydrogen) atoms. The average Bonchev–Trinajstić information content (AvgIpc) is 3.64. The van der Waals surface area contributed by atoms with E-state index in [4.69, 9.17) is 16.3 Å². The first kappa shape index (κ1) is 29.2.